The molecule has 4 aromatic rings. The van der Waals surface area contributed by atoms with Crippen LogP contribution in [0.5, 0.6) is 0 Å². The molecule has 0 radical (unpaired) electrons. The van der Waals surface area contributed by atoms with Gasteiger partial charge in [-0.1, -0.05) is 92.9 Å². The summed E-state index contributed by atoms with van der Waals surface area (Å²) in [6, 6.07) is -1.91. The number of thiazole rings is 2. The monoisotopic (exact) mass is 1260 g/mol. The first-order valence-corrected chi connectivity index (χ1v) is 29.7. The number of carboxylic acids is 4. The quantitative estimate of drug-likeness (QED) is 0.0209. The number of nitrogens with zero attached hydrogens (tertiary/aromatic N) is 8. The van der Waals surface area contributed by atoms with Crippen molar-refractivity contribution in [3.63, 3.8) is 0 Å². The minimum Gasteiger partial charge on any atom is -0.543 e. The third-order valence-electron chi connectivity index (χ3n) is 9.51. The van der Waals surface area contributed by atoms with E-state index >= 15 is 0 Å². The number of aliphatic carboxylic acids is 4. The Kier molecular flexibility index (Phi) is 23.8. The fourth-order valence-electron chi connectivity index (χ4n) is 6.44. The van der Waals surface area contributed by atoms with Crippen molar-refractivity contribution in [1.29, 1.82) is 0 Å². The number of thioether (sulfide) groups is 6. The van der Waals surface area contributed by atoms with Gasteiger partial charge >= 0.3 is 71.1 Å². The number of carboxylic acid groups (broad SMARTS) is 4. The van der Waals surface area contributed by atoms with Gasteiger partial charge in [0.15, 0.2) is 27.6 Å². The Hall–Kier alpha value is -2.62. The minimum absolute atomic E-state index is 0. The number of hydrogen-bond donors (Lipinski definition) is 6. The summed E-state index contributed by atoms with van der Waals surface area (Å²) >= 11 is 23.4. The molecule has 8 N–H and O–H groups in total. The van der Waals surface area contributed by atoms with E-state index < -0.39 is 70.3 Å². The van der Waals surface area contributed by atoms with E-state index in [9.17, 15) is 48.6 Å². The Morgan fingerprint density at radius 3 is 1.31 bits per heavy atom. The zero-order valence-electron chi connectivity index (χ0n) is 37.4. The van der Waals surface area contributed by atoms with Gasteiger partial charge in [0, 0.05) is 44.8 Å². The van der Waals surface area contributed by atoms with Crippen LogP contribution in [-0.4, -0.2) is 155 Å². The molecule has 74 heavy (non-hydrogen) atoms. The second-order valence-electron chi connectivity index (χ2n) is 14.0. The van der Waals surface area contributed by atoms with Crippen molar-refractivity contribution >= 4 is 208 Å². The topological polar surface area (TPSA) is 383 Å². The maximum atomic E-state index is 12.9. The van der Waals surface area contributed by atoms with Gasteiger partial charge in [-0.15, -0.1) is 66.6 Å². The zero-order chi connectivity index (χ0) is 52.0. The first kappa shape index (κ1) is 62.2. The third-order valence-corrected chi connectivity index (χ3v) is 20.5. The summed E-state index contributed by atoms with van der Waals surface area (Å²) in [5.74, 6) is -6.67. The van der Waals surface area contributed by atoms with Gasteiger partial charge in [-0.3, -0.25) is 38.6 Å². The predicted molar refractivity (Wildman–Crippen MR) is 273 cm³/mol. The maximum absolute atomic E-state index is 12.9. The van der Waals surface area contributed by atoms with E-state index in [2.05, 4.69) is 41.0 Å². The molecule has 8 heterocycles. The first-order valence-electron chi connectivity index (χ1n) is 19.4. The summed E-state index contributed by atoms with van der Waals surface area (Å²) < 4.78 is 2.02. The number of anilines is 2. The standard InChI is InChI=1S/2C18H15ClN6O6S5.2Na/c2*19-1-7(8-4-33-16(20)21-8)12(28)22-10-13(29)25-11(15(30)31)6(2-32-14(10)25)3-34-17-23-24-18(36-17)35-5-9(26)27;;/h2*1,4,10,14H,2-3,5H2,(H2,20,21)(H,22,28)(H,26,27)(H,30,31);;/q;;2*+1/p-2/t2*10?,14-;;/m11../s1. The Bertz CT molecular complexity index is 2800. The molecular weight excluding hydrogens is 1230 g/mol. The van der Waals surface area contributed by atoms with Gasteiger partial charge in [0.2, 0.25) is 0 Å². The van der Waals surface area contributed by atoms with Gasteiger partial charge in [-0.25, -0.2) is 9.97 Å². The number of amides is 4. The van der Waals surface area contributed by atoms with E-state index in [1.807, 2.05) is 0 Å². The van der Waals surface area contributed by atoms with Crippen LogP contribution in [0, 0.1) is 0 Å². The molecule has 380 valence electrons. The van der Waals surface area contributed by atoms with E-state index in [1.54, 1.807) is 10.8 Å². The van der Waals surface area contributed by atoms with Crippen LogP contribution < -0.4 is 91.4 Å². The van der Waals surface area contributed by atoms with Crippen molar-refractivity contribution in [2.45, 2.75) is 40.2 Å². The number of carbonyl (C=O) groups excluding carboxylic acids is 6. The minimum atomic E-state index is -1.50. The number of β-lactam (4-membered cyclic amide) rings is 2. The molecule has 0 spiro atoms. The summed E-state index contributed by atoms with van der Waals surface area (Å²) in [4.78, 5) is 107. The predicted octanol–water partition coefficient (Wildman–Crippen LogP) is -4.93. The molecule has 2 fully saturated rings. The van der Waals surface area contributed by atoms with Crippen molar-refractivity contribution in [3.05, 3.63) is 55.8 Å². The van der Waals surface area contributed by atoms with E-state index in [1.165, 1.54) is 69.7 Å². The van der Waals surface area contributed by atoms with Crippen LogP contribution in [0.15, 0.2) is 61.7 Å². The zero-order valence-corrected chi connectivity index (χ0v) is 51.1. The number of rotatable bonds is 20. The van der Waals surface area contributed by atoms with Gasteiger partial charge in [-0.2, -0.15) is 0 Å². The van der Waals surface area contributed by atoms with Crippen LogP contribution >= 0.6 is 139 Å². The van der Waals surface area contributed by atoms with Crippen molar-refractivity contribution in [3.8, 4) is 0 Å². The van der Waals surface area contributed by atoms with Crippen molar-refractivity contribution in [1.82, 2.24) is 50.8 Å². The Morgan fingerprint density at radius 1 is 0.662 bits per heavy atom. The van der Waals surface area contributed by atoms with Gasteiger partial charge in [-0.05, 0) is 11.1 Å². The molecule has 0 saturated carbocycles. The van der Waals surface area contributed by atoms with Gasteiger partial charge in [0.25, 0.3) is 23.6 Å². The summed E-state index contributed by atoms with van der Waals surface area (Å²) in [5, 5.41) is 64.7. The SMILES string of the molecule is Nc1nc(C(=CCl)C(=O)NC2C(=O)N3C(C(=O)[O-])=C(CSc4nnc(SCC(=O)O)s4)CS[C@H]23)cs1.Nc1nc(C(=CCl)C(=O)NC2C(=O)N3C(C(=O)[O-])=C(CSc4nnc(SCC(=O)O)s4)CS[C@H]23)cs1.[Na+].[Na+]. The molecular formula is C36H28Cl2N12Na2O12S10. The maximum Gasteiger partial charge on any atom is 1.00 e. The van der Waals surface area contributed by atoms with Crippen LogP contribution in [-0.2, 0) is 38.4 Å². The molecule has 38 heteroatoms. The molecule has 2 unspecified atom stereocenters. The van der Waals surface area contributed by atoms with Crippen LogP contribution in [0.4, 0.5) is 10.3 Å². The van der Waals surface area contributed by atoms with E-state index in [4.69, 9.17) is 44.9 Å². The fraction of sp³-hybridized carbons (Fsp3) is 0.278. The van der Waals surface area contributed by atoms with Crippen LogP contribution in [0.3, 0.4) is 0 Å². The van der Waals surface area contributed by atoms with E-state index in [0.29, 0.717) is 28.5 Å². The molecule has 2 saturated heterocycles. The average molecular weight is 1260 g/mol. The summed E-state index contributed by atoms with van der Waals surface area (Å²) in [7, 11) is 0. The molecule has 4 aliphatic rings. The van der Waals surface area contributed by atoms with Crippen LogP contribution in [0.2, 0.25) is 0 Å². The van der Waals surface area contributed by atoms with E-state index in [0.717, 1.165) is 67.1 Å². The van der Waals surface area contributed by atoms with Crippen LogP contribution in [0.1, 0.15) is 11.4 Å². The van der Waals surface area contributed by atoms with Crippen molar-refractivity contribution in [2.75, 3.05) is 46.0 Å². The number of nitrogen functional groups attached to an aromatic ring is 2. The van der Waals surface area contributed by atoms with Gasteiger partial charge in [0.05, 0.1) is 57.4 Å². The fourth-order valence-corrected chi connectivity index (χ4v) is 16.4. The molecule has 4 amide bonds. The second kappa shape index (κ2) is 28.3. The Balaban J connectivity index is 0.000000267. The Morgan fingerprint density at radius 2 is 1.01 bits per heavy atom. The van der Waals surface area contributed by atoms with Crippen molar-refractivity contribution < 1.29 is 118 Å². The molecule has 8 rings (SSSR count). The van der Waals surface area contributed by atoms with E-state index in [-0.39, 0.29) is 138 Å². The number of aromatic nitrogens is 6. The molecule has 4 aliphatic heterocycles. The number of halogens is 2. The Labute approximate surface area is 512 Å². The van der Waals surface area contributed by atoms with Gasteiger partial charge < -0.3 is 52.1 Å². The summed E-state index contributed by atoms with van der Waals surface area (Å²) in [6.45, 7) is 0. The molecule has 24 nitrogen and oxygen atoms in total. The average Bonchev–Trinajstić information content (AvgIpc) is 4.19. The summed E-state index contributed by atoms with van der Waals surface area (Å²) in [6.07, 6.45) is 0. The normalized spacial score (nSPS) is 19.1. The molecule has 4 atom stereocenters. The molecule has 0 aromatic carbocycles. The molecule has 4 aromatic heterocycles. The second-order valence-corrected chi connectivity index (χ2v) is 25.3. The third kappa shape index (κ3) is 14.9. The molecule has 0 bridgehead atoms. The number of hydrogen-bond acceptors (Lipinski definition) is 28. The number of nitrogens with two attached hydrogens (primary N) is 2. The first-order chi connectivity index (χ1) is 34.4. The number of fused-ring (bicyclic) bond motifs is 2. The smallest absolute Gasteiger partial charge is 0.543 e. The number of nitrogens with one attached hydrogen (secondary N) is 2. The largest absolute Gasteiger partial charge is 1.00 e. The van der Waals surface area contributed by atoms with Crippen LogP contribution in [0.25, 0.3) is 11.1 Å². The van der Waals surface area contributed by atoms with Crippen molar-refractivity contribution in [2.24, 2.45) is 0 Å². The summed E-state index contributed by atoms with van der Waals surface area (Å²) in [5.41, 5.74) is 14.4. The number of carbonyl (C=O) groups is 8. The molecule has 0 aliphatic carbocycles. The van der Waals surface area contributed by atoms with Gasteiger partial charge in [0.1, 0.15) is 22.8 Å².